The van der Waals surface area contributed by atoms with Crippen LogP contribution in [-0.2, 0) is 9.05 Å². The molecular weight excluding hydrogens is 282 g/mol. The van der Waals surface area contributed by atoms with Gasteiger partial charge in [0, 0.05) is 16.2 Å². The predicted octanol–water partition coefficient (Wildman–Crippen LogP) is 3.56. The van der Waals surface area contributed by atoms with Crippen LogP contribution in [0.4, 0.5) is 8.78 Å². The van der Waals surface area contributed by atoms with Crippen LogP contribution in [0, 0.1) is 11.6 Å². The average Bonchev–Trinajstić information content (AvgIpc) is 2.32. The number of halogens is 3. The smallest absolute Gasteiger partial charge is 0.207 e. The molecule has 0 aliphatic heterocycles. The summed E-state index contributed by atoms with van der Waals surface area (Å²) in [5.41, 5.74) is 0.472. The van der Waals surface area contributed by atoms with Crippen LogP contribution in [0.15, 0.2) is 47.4 Å². The summed E-state index contributed by atoms with van der Waals surface area (Å²) >= 11 is 0. The van der Waals surface area contributed by atoms with Crippen LogP contribution in [0.5, 0.6) is 0 Å². The molecular formula is C12H7ClF2O2S. The summed E-state index contributed by atoms with van der Waals surface area (Å²) < 4.78 is 48.7. The van der Waals surface area contributed by atoms with Gasteiger partial charge in [-0.1, -0.05) is 24.3 Å². The quantitative estimate of drug-likeness (QED) is 0.792. The molecule has 2 rings (SSSR count). The predicted molar refractivity (Wildman–Crippen MR) is 64.8 cm³/mol. The normalized spacial score (nSPS) is 11.5. The molecule has 0 heterocycles. The average molecular weight is 289 g/mol. The maximum atomic E-state index is 13.1. The Morgan fingerprint density at radius 2 is 1.61 bits per heavy atom. The topological polar surface area (TPSA) is 34.1 Å². The first-order valence-electron chi connectivity index (χ1n) is 4.89. The van der Waals surface area contributed by atoms with Crippen molar-refractivity contribution in [2.75, 3.05) is 0 Å². The van der Waals surface area contributed by atoms with Crippen LogP contribution in [-0.4, -0.2) is 8.42 Å². The summed E-state index contributed by atoms with van der Waals surface area (Å²) in [6, 6.07) is 9.01. The SMILES string of the molecule is O=S(=O)(Cl)c1ccccc1-c1ccc(F)c(F)c1. The van der Waals surface area contributed by atoms with Gasteiger partial charge < -0.3 is 0 Å². The fraction of sp³-hybridized carbons (Fsp3) is 0. The van der Waals surface area contributed by atoms with Crippen molar-refractivity contribution >= 4 is 19.7 Å². The van der Waals surface area contributed by atoms with Gasteiger partial charge in [0.05, 0.1) is 4.90 Å². The standard InChI is InChI=1S/C12H7ClF2O2S/c13-18(16,17)12-4-2-1-3-9(12)8-5-6-10(14)11(15)7-8/h1-7H. The molecule has 0 bridgehead atoms. The Labute approximate surface area is 107 Å². The maximum absolute atomic E-state index is 13.1. The lowest BCUT2D eigenvalue weighted by Crippen LogP contribution is -1.95. The lowest BCUT2D eigenvalue weighted by molar-refractivity contribution is 0.509. The Hall–Kier alpha value is -1.46. The van der Waals surface area contributed by atoms with Crippen molar-refractivity contribution in [3.8, 4) is 11.1 Å². The van der Waals surface area contributed by atoms with E-state index in [0.29, 0.717) is 0 Å². The second-order valence-electron chi connectivity index (χ2n) is 3.56. The number of rotatable bonds is 2. The van der Waals surface area contributed by atoms with Gasteiger partial charge in [0.1, 0.15) is 0 Å². The third-order valence-electron chi connectivity index (χ3n) is 2.38. The minimum atomic E-state index is -3.95. The van der Waals surface area contributed by atoms with E-state index in [1.165, 1.54) is 24.3 Å². The Morgan fingerprint density at radius 1 is 0.944 bits per heavy atom. The van der Waals surface area contributed by atoms with E-state index in [2.05, 4.69) is 0 Å². The molecule has 0 unspecified atom stereocenters. The number of hydrogen-bond donors (Lipinski definition) is 0. The van der Waals surface area contributed by atoms with Crippen molar-refractivity contribution in [3.05, 3.63) is 54.1 Å². The van der Waals surface area contributed by atoms with E-state index in [-0.39, 0.29) is 16.0 Å². The summed E-state index contributed by atoms with van der Waals surface area (Å²) in [6.07, 6.45) is 0. The highest BCUT2D eigenvalue weighted by molar-refractivity contribution is 8.13. The largest absolute Gasteiger partial charge is 0.261 e. The van der Waals surface area contributed by atoms with Crippen LogP contribution >= 0.6 is 10.7 Å². The number of hydrogen-bond acceptors (Lipinski definition) is 2. The third-order valence-corrected chi connectivity index (χ3v) is 3.76. The highest BCUT2D eigenvalue weighted by Gasteiger charge is 2.16. The molecule has 6 heteroatoms. The van der Waals surface area contributed by atoms with Gasteiger partial charge in [-0.3, -0.25) is 0 Å². The van der Waals surface area contributed by atoms with E-state index in [4.69, 9.17) is 10.7 Å². The maximum Gasteiger partial charge on any atom is 0.261 e. The second kappa shape index (κ2) is 4.66. The molecule has 0 fully saturated rings. The van der Waals surface area contributed by atoms with E-state index < -0.39 is 20.7 Å². The minimum Gasteiger partial charge on any atom is -0.207 e. The molecule has 18 heavy (non-hydrogen) atoms. The van der Waals surface area contributed by atoms with Crippen molar-refractivity contribution < 1.29 is 17.2 Å². The first kappa shape index (κ1) is 13.0. The Kier molecular flexibility index (Phi) is 3.36. The summed E-state index contributed by atoms with van der Waals surface area (Å²) in [5, 5.41) is 0. The fourth-order valence-corrected chi connectivity index (χ4v) is 2.67. The van der Waals surface area contributed by atoms with E-state index >= 15 is 0 Å². The monoisotopic (exact) mass is 288 g/mol. The fourth-order valence-electron chi connectivity index (χ4n) is 1.58. The van der Waals surface area contributed by atoms with Crippen molar-refractivity contribution in [2.45, 2.75) is 4.90 Å². The van der Waals surface area contributed by atoms with Crippen molar-refractivity contribution in [1.29, 1.82) is 0 Å². The van der Waals surface area contributed by atoms with Crippen LogP contribution in [0.1, 0.15) is 0 Å². The first-order valence-corrected chi connectivity index (χ1v) is 7.19. The Morgan fingerprint density at radius 3 is 2.22 bits per heavy atom. The van der Waals surface area contributed by atoms with E-state index in [1.807, 2.05) is 0 Å². The minimum absolute atomic E-state index is 0.141. The molecule has 0 radical (unpaired) electrons. The molecule has 94 valence electrons. The van der Waals surface area contributed by atoms with Gasteiger partial charge in [0.15, 0.2) is 11.6 Å². The van der Waals surface area contributed by atoms with Gasteiger partial charge in [-0.05, 0) is 23.8 Å². The molecule has 0 aliphatic carbocycles. The molecule has 0 N–H and O–H groups in total. The molecule has 0 aromatic heterocycles. The van der Waals surface area contributed by atoms with E-state index in [0.717, 1.165) is 12.1 Å². The van der Waals surface area contributed by atoms with Crippen LogP contribution in [0.2, 0.25) is 0 Å². The molecule has 0 aliphatic rings. The molecule has 2 aromatic carbocycles. The zero-order chi connectivity index (χ0) is 13.3. The Bertz CT molecular complexity index is 699. The Balaban J connectivity index is 2.68. The van der Waals surface area contributed by atoms with E-state index in [1.54, 1.807) is 6.07 Å². The van der Waals surface area contributed by atoms with Crippen LogP contribution < -0.4 is 0 Å². The number of benzene rings is 2. The summed E-state index contributed by atoms with van der Waals surface area (Å²) in [7, 11) is 1.34. The summed E-state index contributed by atoms with van der Waals surface area (Å²) in [6.45, 7) is 0. The van der Waals surface area contributed by atoms with Gasteiger partial charge in [0.2, 0.25) is 0 Å². The molecule has 0 spiro atoms. The van der Waals surface area contributed by atoms with Crippen molar-refractivity contribution in [1.82, 2.24) is 0 Å². The van der Waals surface area contributed by atoms with Crippen LogP contribution in [0.3, 0.4) is 0 Å². The zero-order valence-electron chi connectivity index (χ0n) is 8.90. The molecule has 0 atom stereocenters. The molecule has 0 saturated heterocycles. The van der Waals surface area contributed by atoms with Crippen LogP contribution in [0.25, 0.3) is 11.1 Å². The lowest BCUT2D eigenvalue weighted by Gasteiger charge is -2.07. The van der Waals surface area contributed by atoms with Gasteiger partial charge in [-0.15, -0.1) is 0 Å². The third kappa shape index (κ3) is 2.52. The van der Waals surface area contributed by atoms with Gasteiger partial charge >= 0.3 is 0 Å². The lowest BCUT2D eigenvalue weighted by atomic mass is 10.1. The summed E-state index contributed by atoms with van der Waals surface area (Å²) in [4.78, 5) is -0.141. The molecule has 2 nitrogen and oxygen atoms in total. The summed E-state index contributed by atoms with van der Waals surface area (Å²) in [5.74, 6) is -2.04. The van der Waals surface area contributed by atoms with Gasteiger partial charge in [0.25, 0.3) is 9.05 Å². The first-order chi connectivity index (χ1) is 8.39. The van der Waals surface area contributed by atoms with Gasteiger partial charge in [-0.2, -0.15) is 0 Å². The van der Waals surface area contributed by atoms with Crippen molar-refractivity contribution in [2.24, 2.45) is 0 Å². The molecule has 0 saturated carbocycles. The highest BCUT2D eigenvalue weighted by Crippen LogP contribution is 2.30. The zero-order valence-corrected chi connectivity index (χ0v) is 10.5. The van der Waals surface area contributed by atoms with Crippen molar-refractivity contribution in [3.63, 3.8) is 0 Å². The van der Waals surface area contributed by atoms with Gasteiger partial charge in [-0.25, -0.2) is 17.2 Å². The highest BCUT2D eigenvalue weighted by atomic mass is 35.7. The second-order valence-corrected chi connectivity index (χ2v) is 6.10. The molecule has 2 aromatic rings. The van der Waals surface area contributed by atoms with E-state index in [9.17, 15) is 17.2 Å². The molecule has 0 amide bonds.